The summed E-state index contributed by atoms with van der Waals surface area (Å²) in [6.07, 6.45) is 1.76. The van der Waals surface area contributed by atoms with Crippen LogP contribution in [0, 0.1) is 0 Å². The van der Waals surface area contributed by atoms with Gasteiger partial charge in [-0.15, -0.1) is 5.06 Å². The Bertz CT molecular complexity index is 98.3. The second-order valence-corrected chi connectivity index (χ2v) is 1.86. The third-order valence-corrected chi connectivity index (χ3v) is 0.906. The monoisotopic (exact) mass is 99.1 g/mol. The van der Waals surface area contributed by atoms with Crippen molar-refractivity contribution in [1.82, 2.24) is 5.06 Å². The van der Waals surface area contributed by atoms with Gasteiger partial charge in [0.25, 0.3) is 0 Å². The molecule has 0 amide bonds. The van der Waals surface area contributed by atoms with E-state index in [9.17, 15) is 0 Å². The van der Waals surface area contributed by atoms with Crippen LogP contribution in [-0.2, 0) is 4.84 Å². The largest absolute Gasteiger partial charge is 0.414 e. The van der Waals surface area contributed by atoms with E-state index < -0.39 is 0 Å². The van der Waals surface area contributed by atoms with E-state index in [1.54, 1.807) is 11.3 Å². The van der Waals surface area contributed by atoms with Crippen molar-refractivity contribution in [2.75, 3.05) is 13.6 Å². The molecule has 0 bridgehead atoms. The van der Waals surface area contributed by atoms with Crippen LogP contribution >= 0.6 is 0 Å². The Kier molecular flexibility index (Phi) is 1.02. The van der Waals surface area contributed by atoms with Crippen molar-refractivity contribution in [2.45, 2.75) is 6.92 Å². The van der Waals surface area contributed by atoms with Crippen LogP contribution in [0.5, 0.6) is 0 Å². The van der Waals surface area contributed by atoms with Crippen LogP contribution in [0.3, 0.4) is 0 Å². The lowest BCUT2D eigenvalue weighted by Crippen LogP contribution is -2.10. The van der Waals surface area contributed by atoms with Gasteiger partial charge in [-0.05, 0) is 12.5 Å². The highest BCUT2D eigenvalue weighted by Gasteiger charge is 2.04. The number of likely N-dealkylation sites (N-methyl/N-ethyl adjacent to an activating group) is 1. The summed E-state index contributed by atoms with van der Waals surface area (Å²) in [6.45, 7) is 2.99. The fraction of sp³-hybridized carbons (Fsp3) is 0.600. The molecule has 0 saturated heterocycles. The van der Waals surface area contributed by atoms with Crippen molar-refractivity contribution >= 4 is 0 Å². The van der Waals surface area contributed by atoms with Gasteiger partial charge in [0, 0.05) is 7.05 Å². The zero-order valence-corrected chi connectivity index (χ0v) is 4.64. The number of rotatable bonds is 0. The summed E-state index contributed by atoms with van der Waals surface area (Å²) in [5.41, 5.74) is 1.28. The molecular formula is C5H9NO. The van der Waals surface area contributed by atoms with Crippen LogP contribution in [-0.4, -0.2) is 18.7 Å². The predicted molar refractivity (Wildman–Crippen MR) is 27.5 cm³/mol. The lowest BCUT2D eigenvalue weighted by atomic mass is 10.4. The van der Waals surface area contributed by atoms with Gasteiger partial charge in [0.15, 0.2) is 0 Å². The van der Waals surface area contributed by atoms with Crippen molar-refractivity contribution in [3.8, 4) is 0 Å². The summed E-state index contributed by atoms with van der Waals surface area (Å²) in [4.78, 5) is 4.94. The molecule has 2 nitrogen and oxygen atoms in total. The van der Waals surface area contributed by atoms with E-state index >= 15 is 0 Å². The molecule has 1 heterocycles. The van der Waals surface area contributed by atoms with Gasteiger partial charge in [0.05, 0.1) is 6.54 Å². The van der Waals surface area contributed by atoms with Gasteiger partial charge < -0.3 is 4.84 Å². The zero-order chi connectivity index (χ0) is 5.28. The molecule has 0 spiro atoms. The van der Waals surface area contributed by atoms with E-state index in [0.717, 1.165) is 6.54 Å². The molecule has 40 valence electrons. The summed E-state index contributed by atoms with van der Waals surface area (Å²) in [5.74, 6) is 0. The van der Waals surface area contributed by atoms with E-state index in [4.69, 9.17) is 4.84 Å². The molecule has 0 aromatic rings. The van der Waals surface area contributed by atoms with Gasteiger partial charge in [-0.1, -0.05) is 0 Å². The fourth-order valence-corrected chi connectivity index (χ4v) is 0.606. The Morgan fingerprint density at radius 2 is 2.57 bits per heavy atom. The summed E-state index contributed by atoms with van der Waals surface area (Å²) in [6, 6.07) is 0. The molecule has 0 saturated carbocycles. The Morgan fingerprint density at radius 1 is 1.86 bits per heavy atom. The minimum absolute atomic E-state index is 0.944. The van der Waals surface area contributed by atoms with Gasteiger partial charge in [-0.2, -0.15) is 0 Å². The highest BCUT2D eigenvalue weighted by atomic mass is 16.7. The molecule has 0 N–H and O–H groups in total. The van der Waals surface area contributed by atoms with E-state index in [1.165, 1.54) is 5.57 Å². The third kappa shape index (κ3) is 0.933. The van der Waals surface area contributed by atoms with Gasteiger partial charge in [0.2, 0.25) is 0 Å². The van der Waals surface area contributed by atoms with Gasteiger partial charge in [0.1, 0.15) is 6.26 Å². The van der Waals surface area contributed by atoms with Crippen LogP contribution in [0.4, 0.5) is 0 Å². The number of hydrogen-bond acceptors (Lipinski definition) is 2. The summed E-state index contributed by atoms with van der Waals surface area (Å²) >= 11 is 0. The second-order valence-electron chi connectivity index (χ2n) is 1.86. The SMILES string of the molecule is CC1=CON(C)C1. The standard InChI is InChI=1S/C5H9NO/c1-5-3-6(2)7-4-5/h4H,3H2,1-2H3. The topological polar surface area (TPSA) is 12.5 Å². The minimum Gasteiger partial charge on any atom is -0.414 e. The quantitative estimate of drug-likeness (QED) is 0.444. The van der Waals surface area contributed by atoms with Gasteiger partial charge in [-0.25, -0.2) is 0 Å². The van der Waals surface area contributed by atoms with E-state index in [0.29, 0.717) is 0 Å². The number of hydroxylamine groups is 2. The normalized spacial score (nSPS) is 21.7. The smallest absolute Gasteiger partial charge is 0.111 e. The molecular weight excluding hydrogens is 90.1 g/mol. The molecule has 0 radical (unpaired) electrons. The van der Waals surface area contributed by atoms with E-state index in [2.05, 4.69) is 0 Å². The maximum absolute atomic E-state index is 4.94. The van der Waals surface area contributed by atoms with Crippen molar-refractivity contribution in [3.63, 3.8) is 0 Å². The molecule has 0 fully saturated rings. The molecule has 1 aliphatic heterocycles. The molecule has 0 aliphatic carbocycles. The fourth-order valence-electron chi connectivity index (χ4n) is 0.606. The third-order valence-electron chi connectivity index (χ3n) is 0.906. The molecule has 1 rings (SSSR count). The van der Waals surface area contributed by atoms with Crippen LogP contribution in [0.15, 0.2) is 11.8 Å². The average Bonchev–Trinajstić information content (AvgIpc) is 1.87. The molecule has 0 aromatic heterocycles. The summed E-state index contributed by atoms with van der Waals surface area (Å²) in [7, 11) is 1.91. The lowest BCUT2D eigenvalue weighted by Gasteiger charge is -2.03. The first kappa shape index (κ1) is 4.65. The van der Waals surface area contributed by atoms with Crippen molar-refractivity contribution in [3.05, 3.63) is 11.8 Å². The summed E-state index contributed by atoms with van der Waals surface area (Å²) < 4.78 is 0. The molecule has 0 atom stereocenters. The first-order chi connectivity index (χ1) is 3.29. The number of hydrogen-bond donors (Lipinski definition) is 0. The maximum atomic E-state index is 4.94. The average molecular weight is 99.1 g/mol. The van der Waals surface area contributed by atoms with Crippen molar-refractivity contribution in [2.24, 2.45) is 0 Å². The molecule has 2 heteroatoms. The van der Waals surface area contributed by atoms with Crippen LogP contribution in [0.25, 0.3) is 0 Å². The van der Waals surface area contributed by atoms with Gasteiger partial charge in [-0.3, -0.25) is 0 Å². The van der Waals surface area contributed by atoms with Crippen LogP contribution < -0.4 is 0 Å². The number of nitrogens with zero attached hydrogens (tertiary/aromatic N) is 1. The van der Waals surface area contributed by atoms with Crippen LogP contribution in [0.2, 0.25) is 0 Å². The van der Waals surface area contributed by atoms with Crippen molar-refractivity contribution in [1.29, 1.82) is 0 Å². The zero-order valence-electron chi connectivity index (χ0n) is 4.64. The Morgan fingerprint density at radius 3 is 2.71 bits per heavy atom. The minimum atomic E-state index is 0.944. The highest BCUT2D eigenvalue weighted by Crippen LogP contribution is 2.04. The highest BCUT2D eigenvalue weighted by molar-refractivity contribution is 4.98. The second kappa shape index (κ2) is 1.54. The van der Waals surface area contributed by atoms with Crippen LogP contribution in [0.1, 0.15) is 6.92 Å². The van der Waals surface area contributed by atoms with Crippen molar-refractivity contribution < 1.29 is 4.84 Å². The predicted octanol–water partition coefficient (Wildman–Crippen LogP) is 0.767. The van der Waals surface area contributed by atoms with Gasteiger partial charge >= 0.3 is 0 Å². The van der Waals surface area contributed by atoms with E-state index in [1.807, 2.05) is 14.0 Å². The first-order valence-corrected chi connectivity index (χ1v) is 2.32. The Labute approximate surface area is 43.3 Å². The maximum Gasteiger partial charge on any atom is 0.111 e. The van der Waals surface area contributed by atoms with E-state index in [-0.39, 0.29) is 0 Å². The first-order valence-electron chi connectivity index (χ1n) is 2.32. The lowest BCUT2D eigenvalue weighted by molar-refractivity contribution is -0.0496. The molecule has 0 unspecified atom stereocenters. The molecule has 0 aromatic carbocycles. The molecule has 1 aliphatic rings. The summed E-state index contributed by atoms with van der Waals surface area (Å²) in [5, 5.41) is 1.79. The Balaban J connectivity index is 2.42. The Hall–Kier alpha value is -0.500. The molecule has 7 heavy (non-hydrogen) atoms.